The van der Waals surface area contributed by atoms with Crippen molar-refractivity contribution in [1.29, 1.82) is 0 Å². The first kappa shape index (κ1) is 27.4. The first-order valence-electron chi connectivity index (χ1n) is 13.1. The predicted molar refractivity (Wildman–Crippen MR) is 145 cm³/mol. The molecular weight excluding hydrogens is 490 g/mol. The molecule has 2 atom stereocenters. The number of rotatable bonds is 5. The highest BCUT2D eigenvalue weighted by molar-refractivity contribution is 7.89. The number of nitrogens with zero attached hydrogens (tertiary/aromatic N) is 3. The van der Waals surface area contributed by atoms with Gasteiger partial charge in [-0.05, 0) is 86.8 Å². The average Bonchev–Trinajstić information content (AvgIpc) is 3.43. The van der Waals surface area contributed by atoms with Gasteiger partial charge in [0, 0.05) is 41.4 Å². The second-order valence-electron chi connectivity index (χ2n) is 12.5. The van der Waals surface area contributed by atoms with Crippen molar-refractivity contribution in [3.8, 4) is 0 Å². The van der Waals surface area contributed by atoms with Crippen LogP contribution in [0.1, 0.15) is 91.8 Å². The summed E-state index contributed by atoms with van der Waals surface area (Å²) >= 11 is 0. The number of alkyl carbamates (subject to hydrolysis) is 1. The highest BCUT2D eigenvalue weighted by atomic mass is 32.2. The largest absolute Gasteiger partial charge is 0.446 e. The van der Waals surface area contributed by atoms with Gasteiger partial charge in [0.15, 0.2) is 0 Å². The third kappa shape index (κ3) is 5.65. The summed E-state index contributed by atoms with van der Waals surface area (Å²) in [5.41, 5.74) is 1.66. The molecule has 1 aliphatic carbocycles. The van der Waals surface area contributed by atoms with Crippen molar-refractivity contribution in [3.63, 3.8) is 0 Å². The van der Waals surface area contributed by atoms with Gasteiger partial charge in [0.05, 0.1) is 16.1 Å². The van der Waals surface area contributed by atoms with E-state index in [1.54, 1.807) is 16.4 Å². The Morgan fingerprint density at radius 3 is 2.43 bits per heavy atom. The molecule has 0 unspecified atom stereocenters. The van der Waals surface area contributed by atoms with Gasteiger partial charge >= 0.3 is 6.09 Å². The van der Waals surface area contributed by atoms with E-state index < -0.39 is 15.6 Å². The molecule has 1 amide bonds. The van der Waals surface area contributed by atoms with E-state index in [1.807, 2.05) is 45.4 Å². The number of anilines is 2. The van der Waals surface area contributed by atoms with E-state index in [9.17, 15) is 13.2 Å². The van der Waals surface area contributed by atoms with Gasteiger partial charge in [-0.25, -0.2) is 17.9 Å². The molecule has 1 aliphatic heterocycles. The molecule has 10 heteroatoms. The number of amides is 1. The minimum atomic E-state index is -3.56. The lowest BCUT2D eigenvalue weighted by atomic mass is 10.0. The highest BCUT2D eigenvalue weighted by Gasteiger charge is 2.42. The molecule has 37 heavy (non-hydrogen) atoms. The van der Waals surface area contributed by atoms with Crippen LogP contribution in [0.5, 0.6) is 0 Å². The van der Waals surface area contributed by atoms with Crippen LogP contribution in [0.4, 0.5) is 16.3 Å². The van der Waals surface area contributed by atoms with Gasteiger partial charge in [-0.15, -0.1) is 0 Å². The first-order valence-corrected chi connectivity index (χ1v) is 14.5. The maximum atomic E-state index is 13.2. The maximum absolute atomic E-state index is 13.2. The number of sulfonamides is 1. The second-order valence-corrected chi connectivity index (χ2v) is 14.3. The van der Waals surface area contributed by atoms with E-state index >= 15 is 0 Å². The van der Waals surface area contributed by atoms with Crippen molar-refractivity contribution < 1.29 is 17.9 Å². The molecular formula is C27H41N5O4S. The number of carbonyl (C=O) groups is 1. The number of hydrogen-bond donors (Lipinski definition) is 2. The quantitative estimate of drug-likeness (QED) is 0.531. The molecule has 0 bridgehead atoms. The van der Waals surface area contributed by atoms with Crippen molar-refractivity contribution in [1.82, 2.24) is 19.4 Å². The van der Waals surface area contributed by atoms with E-state index in [2.05, 4.69) is 37.5 Å². The Morgan fingerprint density at radius 2 is 1.81 bits per heavy atom. The molecule has 2 N–H and O–H groups in total. The lowest BCUT2D eigenvalue weighted by Gasteiger charge is -2.29. The summed E-state index contributed by atoms with van der Waals surface area (Å²) in [6, 6.07) is 7.47. The fraction of sp³-hybridized carbons (Fsp3) is 0.630. The zero-order valence-electron chi connectivity index (χ0n) is 23.3. The van der Waals surface area contributed by atoms with E-state index in [0.29, 0.717) is 11.4 Å². The van der Waals surface area contributed by atoms with Gasteiger partial charge in [-0.2, -0.15) is 9.40 Å². The third-order valence-corrected chi connectivity index (χ3v) is 9.06. The normalized spacial score (nSPS) is 21.8. The number of nitrogens with one attached hydrogen (secondary N) is 2. The molecule has 4 rings (SSSR count). The van der Waals surface area contributed by atoms with E-state index in [1.165, 1.54) is 0 Å². The van der Waals surface area contributed by atoms with Gasteiger partial charge in [0.1, 0.15) is 11.9 Å². The highest BCUT2D eigenvalue weighted by Crippen LogP contribution is 2.41. The van der Waals surface area contributed by atoms with Gasteiger partial charge in [0.25, 0.3) is 0 Å². The van der Waals surface area contributed by atoms with Crippen LogP contribution in [0.15, 0.2) is 29.2 Å². The molecule has 0 spiro atoms. The molecule has 1 saturated carbocycles. The van der Waals surface area contributed by atoms with E-state index in [0.717, 1.165) is 42.0 Å². The predicted octanol–water partition coefficient (Wildman–Crippen LogP) is 5.46. The van der Waals surface area contributed by atoms with Crippen LogP contribution in [0.3, 0.4) is 0 Å². The number of ether oxygens (including phenoxy) is 1. The standard InChI is InChI=1S/C27H41N5O4S/c1-17(2)28-25(33)36-19-13-12-18(14-19)22-15-24(32(30-22)27(6,7)8)29-21-10-9-11-23-20(21)16-31(26(3,4)5)37(23,34)35/h9-11,15,17-19,29H,12-14,16H2,1-8H3,(H,28,33)/t18-,19+/m0/s1. The Kier molecular flexibility index (Phi) is 7.13. The summed E-state index contributed by atoms with van der Waals surface area (Å²) in [5.74, 6) is 0.990. The summed E-state index contributed by atoms with van der Waals surface area (Å²) in [4.78, 5) is 12.4. The zero-order chi connectivity index (χ0) is 27.3. The maximum Gasteiger partial charge on any atom is 0.407 e. The molecule has 204 valence electrons. The Morgan fingerprint density at radius 1 is 1.11 bits per heavy atom. The summed E-state index contributed by atoms with van der Waals surface area (Å²) in [5, 5.41) is 11.3. The van der Waals surface area contributed by atoms with E-state index in [-0.39, 0.29) is 29.7 Å². The number of aromatic nitrogens is 2. The molecule has 0 saturated heterocycles. The van der Waals surface area contributed by atoms with Crippen LogP contribution >= 0.6 is 0 Å². The van der Waals surface area contributed by atoms with Gasteiger partial charge in [-0.3, -0.25) is 0 Å². The molecule has 1 aromatic carbocycles. The summed E-state index contributed by atoms with van der Waals surface area (Å²) in [6.07, 6.45) is 1.91. The fourth-order valence-corrected chi connectivity index (χ4v) is 7.10. The lowest BCUT2D eigenvalue weighted by Crippen LogP contribution is -2.41. The average molecular weight is 532 g/mol. The monoisotopic (exact) mass is 531 g/mol. The Labute approximate surface area is 221 Å². The van der Waals surface area contributed by atoms with Crippen molar-refractivity contribution in [2.24, 2.45) is 0 Å². The Bertz CT molecular complexity index is 1270. The number of benzene rings is 1. The Hall–Kier alpha value is -2.59. The summed E-state index contributed by atoms with van der Waals surface area (Å²) < 4.78 is 35.6. The summed E-state index contributed by atoms with van der Waals surface area (Å²) in [7, 11) is -3.56. The first-order chi connectivity index (χ1) is 17.1. The van der Waals surface area contributed by atoms with Gasteiger partial charge in [0.2, 0.25) is 10.0 Å². The molecule has 2 heterocycles. The lowest BCUT2D eigenvalue weighted by molar-refractivity contribution is 0.0981. The van der Waals surface area contributed by atoms with Gasteiger partial charge < -0.3 is 15.4 Å². The number of hydrogen-bond acceptors (Lipinski definition) is 6. The topological polar surface area (TPSA) is 106 Å². The van der Waals surface area contributed by atoms with Crippen LogP contribution in [-0.4, -0.2) is 46.3 Å². The van der Waals surface area contributed by atoms with Crippen LogP contribution in [0.2, 0.25) is 0 Å². The SMILES string of the molecule is CC(C)NC(=O)O[C@@H]1CC[C@H](c2cc(Nc3cccc4c3CN(C(C)(C)C)S4(=O)=O)n(C(C)(C)C)n2)C1. The van der Waals surface area contributed by atoms with Crippen molar-refractivity contribution in [2.45, 2.75) is 115 Å². The van der Waals surface area contributed by atoms with Crippen molar-refractivity contribution >= 4 is 27.6 Å². The van der Waals surface area contributed by atoms with Crippen LogP contribution in [0.25, 0.3) is 0 Å². The van der Waals surface area contributed by atoms with Crippen LogP contribution in [-0.2, 0) is 26.8 Å². The van der Waals surface area contributed by atoms with Gasteiger partial charge in [-0.1, -0.05) is 6.07 Å². The fourth-order valence-electron chi connectivity index (χ4n) is 5.11. The van der Waals surface area contributed by atoms with Crippen molar-refractivity contribution in [2.75, 3.05) is 5.32 Å². The minimum Gasteiger partial charge on any atom is -0.446 e. The van der Waals surface area contributed by atoms with Crippen molar-refractivity contribution in [3.05, 3.63) is 35.5 Å². The molecule has 9 nitrogen and oxygen atoms in total. The molecule has 2 aliphatic rings. The van der Waals surface area contributed by atoms with E-state index in [4.69, 9.17) is 9.84 Å². The summed E-state index contributed by atoms with van der Waals surface area (Å²) in [6.45, 7) is 16.1. The van der Waals surface area contributed by atoms with Crippen LogP contribution < -0.4 is 10.6 Å². The zero-order valence-corrected chi connectivity index (χ0v) is 24.1. The smallest absolute Gasteiger partial charge is 0.407 e. The molecule has 1 fully saturated rings. The van der Waals surface area contributed by atoms with Crippen LogP contribution in [0, 0.1) is 0 Å². The number of carbonyl (C=O) groups excluding carboxylic acids is 1. The number of fused-ring (bicyclic) bond motifs is 1. The molecule has 2 aromatic rings. The molecule has 0 radical (unpaired) electrons. The second kappa shape index (κ2) is 9.62. The minimum absolute atomic E-state index is 0.0331. The Balaban J connectivity index is 1.60. The molecule has 1 aromatic heterocycles. The third-order valence-electron chi connectivity index (χ3n) is 6.86.